The molecule has 0 fully saturated rings. The molecule has 0 saturated carbocycles. The molecule has 0 aliphatic rings. The summed E-state index contributed by atoms with van der Waals surface area (Å²) < 4.78 is 17.2. The van der Waals surface area contributed by atoms with Crippen molar-refractivity contribution in [1.82, 2.24) is 5.32 Å². The summed E-state index contributed by atoms with van der Waals surface area (Å²) in [4.78, 5) is 11.8. The molecule has 2 amide bonds. The van der Waals surface area contributed by atoms with Crippen LogP contribution in [0.2, 0.25) is 0 Å². The van der Waals surface area contributed by atoms with Gasteiger partial charge in [-0.1, -0.05) is 19.9 Å². The predicted molar refractivity (Wildman–Crippen MR) is 80.5 cm³/mol. The topological polar surface area (TPSA) is 70.6 Å². The molecular weight excluding hydrogens is 275 g/mol. The van der Waals surface area contributed by atoms with Gasteiger partial charge in [-0.3, -0.25) is 0 Å². The van der Waals surface area contributed by atoms with E-state index >= 15 is 0 Å². The number of aliphatic hydroxyl groups is 1. The molecule has 0 saturated heterocycles. The van der Waals surface area contributed by atoms with Gasteiger partial charge in [-0.2, -0.15) is 0 Å². The van der Waals surface area contributed by atoms with E-state index in [-0.39, 0.29) is 13.2 Å². The van der Waals surface area contributed by atoms with E-state index in [4.69, 9.17) is 4.74 Å². The van der Waals surface area contributed by atoms with Gasteiger partial charge in [0.1, 0.15) is 19.0 Å². The fourth-order valence-corrected chi connectivity index (χ4v) is 1.74. The molecule has 1 rings (SSSR count). The Morgan fingerprint density at radius 2 is 2.10 bits per heavy atom. The second-order valence-electron chi connectivity index (χ2n) is 4.80. The highest BCUT2D eigenvalue weighted by Gasteiger charge is 2.22. The van der Waals surface area contributed by atoms with Crippen molar-refractivity contribution < 1.29 is 19.0 Å². The van der Waals surface area contributed by atoms with Gasteiger partial charge in [-0.25, -0.2) is 9.18 Å². The van der Waals surface area contributed by atoms with E-state index in [1.165, 1.54) is 0 Å². The Kier molecular flexibility index (Phi) is 6.94. The number of urea groups is 1. The molecular formula is C15H23FN2O3. The predicted octanol–water partition coefficient (Wildman–Crippen LogP) is 2.71. The first-order valence-electron chi connectivity index (χ1n) is 7.09. The Morgan fingerprint density at radius 3 is 2.71 bits per heavy atom. The van der Waals surface area contributed by atoms with Gasteiger partial charge in [0.15, 0.2) is 0 Å². The molecule has 0 aliphatic heterocycles. The lowest BCUT2D eigenvalue weighted by Crippen LogP contribution is -2.43. The normalized spacial score (nSPS) is 11.0. The number of alkyl halides is 1. The number of hydrogen-bond acceptors (Lipinski definition) is 3. The maximum Gasteiger partial charge on any atom is 0.319 e. The fourth-order valence-electron chi connectivity index (χ4n) is 1.74. The summed E-state index contributed by atoms with van der Waals surface area (Å²) in [6, 6.07) is 6.30. The molecule has 0 aliphatic carbocycles. The van der Waals surface area contributed by atoms with E-state index < -0.39 is 18.3 Å². The minimum absolute atomic E-state index is 0.0182. The first-order valence-corrected chi connectivity index (χ1v) is 7.09. The van der Waals surface area contributed by atoms with Gasteiger partial charge in [0.25, 0.3) is 0 Å². The Bertz CT molecular complexity index is 450. The number of nitrogens with one attached hydrogen (secondary N) is 2. The zero-order chi connectivity index (χ0) is 15.7. The largest absolute Gasteiger partial charge is 0.491 e. The van der Waals surface area contributed by atoms with Crippen LogP contribution in [-0.4, -0.2) is 36.6 Å². The Balaban J connectivity index is 2.51. The van der Waals surface area contributed by atoms with Crippen LogP contribution in [-0.2, 0) is 0 Å². The minimum Gasteiger partial charge on any atom is -0.491 e. The number of hydrogen-bond donors (Lipinski definition) is 3. The van der Waals surface area contributed by atoms with Gasteiger partial charge in [-0.05, 0) is 25.0 Å². The monoisotopic (exact) mass is 298 g/mol. The van der Waals surface area contributed by atoms with Crippen LogP contribution in [0.1, 0.15) is 26.7 Å². The van der Waals surface area contributed by atoms with Crippen LogP contribution in [0.15, 0.2) is 24.3 Å². The van der Waals surface area contributed by atoms with E-state index in [2.05, 4.69) is 10.6 Å². The Hall–Kier alpha value is -1.82. The third kappa shape index (κ3) is 5.99. The van der Waals surface area contributed by atoms with Gasteiger partial charge in [0.2, 0.25) is 0 Å². The summed E-state index contributed by atoms with van der Waals surface area (Å²) in [6.45, 7) is 3.34. The average Bonchev–Trinajstić information content (AvgIpc) is 2.51. The van der Waals surface area contributed by atoms with Gasteiger partial charge in [0, 0.05) is 18.3 Å². The molecule has 1 aromatic rings. The van der Waals surface area contributed by atoms with Gasteiger partial charge >= 0.3 is 6.03 Å². The minimum atomic E-state index is -0.885. The summed E-state index contributed by atoms with van der Waals surface area (Å²) in [6.07, 6.45) is 1.13. The van der Waals surface area contributed by atoms with E-state index in [0.29, 0.717) is 24.3 Å². The van der Waals surface area contributed by atoms with Crippen molar-refractivity contribution in [2.45, 2.75) is 32.3 Å². The van der Waals surface area contributed by atoms with Crippen molar-refractivity contribution in [3.63, 3.8) is 0 Å². The molecule has 3 N–H and O–H groups in total. The fraction of sp³-hybridized carbons (Fsp3) is 0.533. The van der Waals surface area contributed by atoms with Crippen LogP contribution in [0.25, 0.3) is 0 Å². The van der Waals surface area contributed by atoms with Crippen LogP contribution in [0.5, 0.6) is 5.75 Å². The molecule has 0 aromatic heterocycles. The maximum atomic E-state index is 12.0. The summed E-state index contributed by atoms with van der Waals surface area (Å²) >= 11 is 0. The number of ether oxygens (including phenoxy) is 1. The van der Waals surface area contributed by atoms with Crippen molar-refractivity contribution in [2.75, 3.05) is 25.1 Å². The molecule has 0 unspecified atom stereocenters. The van der Waals surface area contributed by atoms with E-state index in [0.717, 1.165) is 0 Å². The number of benzene rings is 1. The summed E-state index contributed by atoms with van der Waals surface area (Å²) in [5, 5.41) is 15.4. The quantitative estimate of drug-likeness (QED) is 0.691. The number of carbonyl (C=O) groups is 1. The maximum absolute atomic E-state index is 12.0. The number of carbonyl (C=O) groups excluding carboxylic acids is 1. The average molecular weight is 298 g/mol. The molecule has 118 valence electrons. The molecule has 0 radical (unpaired) electrons. The van der Waals surface area contributed by atoms with E-state index in [1.54, 1.807) is 24.3 Å². The molecule has 1 aromatic carbocycles. The number of anilines is 1. The molecule has 21 heavy (non-hydrogen) atoms. The first-order chi connectivity index (χ1) is 10.0. The lowest BCUT2D eigenvalue weighted by molar-refractivity contribution is 0.0354. The second-order valence-corrected chi connectivity index (χ2v) is 4.80. The third-order valence-corrected chi connectivity index (χ3v) is 3.33. The smallest absolute Gasteiger partial charge is 0.319 e. The highest BCUT2D eigenvalue weighted by Crippen LogP contribution is 2.17. The lowest BCUT2D eigenvalue weighted by Gasteiger charge is -2.25. The molecule has 0 heterocycles. The highest BCUT2D eigenvalue weighted by molar-refractivity contribution is 5.89. The van der Waals surface area contributed by atoms with Crippen molar-refractivity contribution in [2.24, 2.45) is 0 Å². The first kappa shape index (κ1) is 17.2. The van der Waals surface area contributed by atoms with Crippen molar-refractivity contribution in [3.8, 4) is 5.75 Å². The van der Waals surface area contributed by atoms with E-state index in [9.17, 15) is 14.3 Å². The second kappa shape index (κ2) is 8.46. The van der Waals surface area contributed by atoms with Gasteiger partial charge in [0.05, 0.1) is 5.60 Å². The number of amides is 2. The Morgan fingerprint density at radius 1 is 1.38 bits per heavy atom. The molecule has 0 bridgehead atoms. The zero-order valence-corrected chi connectivity index (χ0v) is 12.5. The van der Waals surface area contributed by atoms with Gasteiger partial charge in [-0.15, -0.1) is 0 Å². The summed E-state index contributed by atoms with van der Waals surface area (Å²) in [5.41, 5.74) is -0.343. The molecule has 6 heteroatoms. The highest BCUT2D eigenvalue weighted by atomic mass is 19.1. The van der Waals surface area contributed by atoms with Crippen LogP contribution < -0.4 is 15.4 Å². The molecule has 0 spiro atoms. The van der Waals surface area contributed by atoms with E-state index in [1.807, 2.05) is 13.8 Å². The van der Waals surface area contributed by atoms with Crippen LogP contribution in [0.4, 0.5) is 14.9 Å². The SMILES string of the molecule is CCC(O)(CC)CNC(=O)Nc1cccc(OCCF)c1. The summed E-state index contributed by atoms with van der Waals surface area (Å²) in [7, 11) is 0. The number of halogens is 1. The zero-order valence-electron chi connectivity index (χ0n) is 12.5. The summed E-state index contributed by atoms with van der Waals surface area (Å²) in [5.74, 6) is 0.490. The van der Waals surface area contributed by atoms with Crippen molar-refractivity contribution >= 4 is 11.7 Å². The third-order valence-electron chi connectivity index (χ3n) is 3.33. The van der Waals surface area contributed by atoms with Gasteiger partial charge < -0.3 is 20.5 Å². The standard InChI is InChI=1S/C15H23FN2O3/c1-3-15(20,4-2)11-17-14(19)18-12-6-5-7-13(10-12)21-9-8-16/h5-7,10,20H,3-4,8-9,11H2,1-2H3,(H2,17,18,19). The van der Waals surface area contributed by atoms with Crippen molar-refractivity contribution in [3.05, 3.63) is 24.3 Å². The molecule has 5 nitrogen and oxygen atoms in total. The van der Waals surface area contributed by atoms with Crippen LogP contribution in [0, 0.1) is 0 Å². The van der Waals surface area contributed by atoms with Crippen molar-refractivity contribution in [1.29, 1.82) is 0 Å². The number of rotatable bonds is 8. The van der Waals surface area contributed by atoms with Crippen LogP contribution >= 0.6 is 0 Å². The Labute approximate surface area is 124 Å². The van der Waals surface area contributed by atoms with Crippen LogP contribution in [0.3, 0.4) is 0 Å². The lowest BCUT2D eigenvalue weighted by atomic mass is 9.98. The molecule has 0 atom stereocenters.